The molecule has 4 rings (SSSR count). The molecule has 0 fully saturated rings. The first-order valence-electron chi connectivity index (χ1n) is 8.28. The summed E-state index contributed by atoms with van der Waals surface area (Å²) in [5.74, 6) is -0.110. The van der Waals surface area contributed by atoms with E-state index in [1.165, 1.54) is 22.7 Å². The molecule has 0 atom stereocenters. The first kappa shape index (κ1) is 16.9. The number of aryl methyl sites for hydroxylation is 1. The molecule has 0 saturated heterocycles. The second kappa shape index (κ2) is 7.01. The lowest BCUT2D eigenvalue weighted by Crippen LogP contribution is -2.35. The molecule has 0 bridgehead atoms. The molecule has 1 aromatic carbocycles. The Labute approximate surface area is 159 Å². The summed E-state index contributed by atoms with van der Waals surface area (Å²) in [6.45, 7) is 3.16. The number of amides is 2. The summed E-state index contributed by atoms with van der Waals surface area (Å²) >= 11 is 2.93. The Bertz CT molecular complexity index is 963. The molecule has 7 heteroatoms. The number of fused-ring (bicyclic) bond motifs is 1. The normalized spacial score (nSPS) is 13.3. The monoisotopic (exact) mass is 383 g/mol. The van der Waals surface area contributed by atoms with Gasteiger partial charge in [-0.15, -0.1) is 0 Å². The Kier molecular flexibility index (Phi) is 4.57. The zero-order valence-electron chi connectivity index (χ0n) is 14.2. The van der Waals surface area contributed by atoms with E-state index in [0.29, 0.717) is 35.8 Å². The van der Waals surface area contributed by atoms with E-state index in [9.17, 15) is 9.59 Å². The van der Waals surface area contributed by atoms with Crippen LogP contribution in [0.4, 0.5) is 5.13 Å². The van der Waals surface area contributed by atoms with Gasteiger partial charge in [-0.25, -0.2) is 4.98 Å². The van der Waals surface area contributed by atoms with Gasteiger partial charge in [-0.05, 0) is 30.5 Å². The number of thiazole rings is 1. The van der Waals surface area contributed by atoms with Crippen molar-refractivity contribution in [3.8, 4) is 0 Å². The Morgan fingerprint density at radius 2 is 2.12 bits per heavy atom. The van der Waals surface area contributed by atoms with E-state index in [4.69, 9.17) is 0 Å². The first-order chi connectivity index (χ1) is 12.6. The molecule has 1 aliphatic heterocycles. The number of rotatable bonds is 3. The molecule has 0 spiro atoms. The third-order valence-electron chi connectivity index (χ3n) is 4.29. The van der Waals surface area contributed by atoms with Gasteiger partial charge in [0.25, 0.3) is 11.8 Å². The van der Waals surface area contributed by atoms with Crippen molar-refractivity contribution in [2.75, 3.05) is 11.9 Å². The summed E-state index contributed by atoms with van der Waals surface area (Å²) in [6.07, 6.45) is 0.706. The number of anilines is 1. The van der Waals surface area contributed by atoms with Crippen LogP contribution in [0.3, 0.4) is 0 Å². The molecule has 0 saturated carbocycles. The summed E-state index contributed by atoms with van der Waals surface area (Å²) in [5.41, 5.74) is 3.40. The SMILES string of the molecule is Cc1cccc(C(=O)N2CCc3nc(NC(=O)c4ccsc4)sc3C2)c1. The van der Waals surface area contributed by atoms with Crippen molar-refractivity contribution >= 4 is 39.6 Å². The lowest BCUT2D eigenvalue weighted by molar-refractivity contribution is 0.0736. The van der Waals surface area contributed by atoms with Gasteiger partial charge < -0.3 is 4.90 Å². The minimum Gasteiger partial charge on any atom is -0.333 e. The number of aromatic nitrogens is 1. The first-order valence-corrected chi connectivity index (χ1v) is 10.0. The number of nitrogens with one attached hydrogen (secondary N) is 1. The number of hydrogen-bond donors (Lipinski definition) is 1. The molecule has 5 nitrogen and oxygen atoms in total. The van der Waals surface area contributed by atoms with Gasteiger partial charge in [0, 0.05) is 28.8 Å². The van der Waals surface area contributed by atoms with Crippen molar-refractivity contribution in [2.45, 2.75) is 19.9 Å². The second-order valence-corrected chi connectivity index (χ2v) is 8.06. The number of benzene rings is 1. The summed E-state index contributed by atoms with van der Waals surface area (Å²) in [7, 11) is 0. The quantitative estimate of drug-likeness (QED) is 0.745. The molecule has 0 unspecified atom stereocenters. The van der Waals surface area contributed by atoms with E-state index in [2.05, 4.69) is 10.3 Å². The fourth-order valence-corrected chi connectivity index (χ4v) is 4.60. The minimum absolute atomic E-state index is 0.0385. The van der Waals surface area contributed by atoms with Gasteiger partial charge in [-0.1, -0.05) is 29.0 Å². The predicted molar refractivity (Wildman–Crippen MR) is 104 cm³/mol. The molecular weight excluding hydrogens is 366 g/mol. The summed E-state index contributed by atoms with van der Waals surface area (Å²) < 4.78 is 0. The Balaban J connectivity index is 1.48. The van der Waals surface area contributed by atoms with E-state index in [1.807, 2.05) is 46.8 Å². The smallest absolute Gasteiger partial charge is 0.258 e. The number of carbonyl (C=O) groups is 2. The Morgan fingerprint density at radius 1 is 1.23 bits per heavy atom. The molecule has 1 aliphatic rings. The van der Waals surface area contributed by atoms with Crippen molar-refractivity contribution in [3.63, 3.8) is 0 Å². The van der Waals surface area contributed by atoms with Crippen LogP contribution in [0.25, 0.3) is 0 Å². The maximum absolute atomic E-state index is 12.7. The number of nitrogens with zero attached hydrogens (tertiary/aromatic N) is 2. The van der Waals surface area contributed by atoms with Crippen LogP contribution in [0, 0.1) is 6.92 Å². The predicted octanol–water partition coefficient (Wildman–Crippen LogP) is 3.96. The molecule has 1 N–H and O–H groups in total. The van der Waals surface area contributed by atoms with Crippen molar-refractivity contribution in [1.82, 2.24) is 9.88 Å². The average Bonchev–Trinajstić information content (AvgIpc) is 3.29. The van der Waals surface area contributed by atoms with E-state index in [1.54, 1.807) is 6.07 Å². The van der Waals surface area contributed by atoms with Crippen LogP contribution in [0.2, 0.25) is 0 Å². The van der Waals surface area contributed by atoms with Crippen LogP contribution in [0.1, 0.15) is 36.9 Å². The van der Waals surface area contributed by atoms with Gasteiger partial charge in [0.2, 0.25) is 0 Å². The molecule has 26 heavy (non-hydrogen) atoms. The molecule has 3 heterocycles. The average molecular weight is 383 g/mol. The minimum atomic E-state index is -0.148. The summed E-state index contributed by atoms with van der Waals surface area (Å²) in [5, 5.41) is 7.13. The van der Waals surface area contributed by atoms with Crippen LogP contribution in [0.5, 0.6) is 0 Å². The highest BCUT2D eigenvalue weighted by Crippen LogP contribution is 2.29. The van der Waals surface area contributed by atoms with E-state index >= 15 is 0 Å². The van der Waals surface area contributed by atoms with Crippen molar-refractivity contribution in [2.24, 2.45) is 0 Å². The lowest BCUT2D eigenvalue weighted by atomic mass is 10.1. The van der Waals surface area contributed by atoms with Crippen LogP contribution in [-0.4, -0.2) is 28.2 Å². The highest BCUT2D eigenvalue weighted by Gasteiger charge is 2.25. The lowest BCUT2D eigenvalue weighted by Gasteiger charge is -2.26. The number of thiophene rings is 1. The Morgan fingerprint density at radius 3 is 2.88 bits per heavy atom. The molecule has 2 aromatic heterocycles. The zero-order valence-corrected chi connectivity index (χ0v) is 15.8. The van der Waals surface area contributed by atoms with Gasteiger partial charge in [0.05, 0.1) is 17.8 Å². The zero-order chi connectivity index (χ0) is 18.1. The fraction of sp³-hybridized carbons (Fsp3) is 0.211. The van der Waals surface area contributed by atoms with E-state index in [0.717, 1.165) is 16.1 Å². The van der Waals surface area contributed by atoms with Crippen LogP contribution in [0.15, 0.2) is 41.1 Å². The summed E-state index contributed by atoms with van der Waals surface area (Å²) in [4.78, 5) is 32.3. The van der Waals surface area contributed by atoms with Gasteiger partial charge in [0.1, 0.15) is 0 Å². The van der Waals surface area contributed by atoms with E-state index < -0.39 is 0 Å². The molecule has 0 aliphatic carbocycles. The van der Waals surface area contributed by atoms with Crippen LogP contribution >= 0.6 is 22.7 Å². The topological polar surface area (TPSA) is 62.3 Å². The van der Waals surface area contributed by atoms with E-state index in [-0.39, 0.29) is 11.8 Å². The number of carbonyl (C=O) groups excluding carboxylic acids is 2. The molecule has 132 valence electrons. The summed E-state index contributed by atoms with van der Waals surface area (Å²) in [6, 6.07) is 9.44. The van der Waals surface area contributed by atoms with Crippen molar-refractivity contribution < 1.29 is 9.59 Å². The standard InChI is InChI=1S/C19H17N3O2S2/c1-12-3-2-4-13(9-12)18(24)22-7-5-15-16(10-22)26-19(20-15)21-17(23)14-6-8-25-11-14/h2-4,6,8-9,11H,5,7,10H2,1H3,(H,20,21,23). The Hall–Kier alpha value is -2.51. The third kappa shape index (κ3) is 3.40. The van der Waals surface area contributed by atoms with Gasteiger partial charge in [0.15, 0.2) is 5.13 Å². The fourth-order valence-electron chi connectivity index (χ4n) is 2.95. The van der Waals surface area contributed by atoms with Gasteiger partial charge >= 0.3 is 0 Å². The highest BCUT2D eigenvalue weighted by molar-refractivity contribution is 7.16. The van der Waals surface area contributed by atoms with Gasteiger partial charge in [-0.2, -0.15) is 11.3 Å². The number of hydrogen-bond acceptors (Lipinski definition) is 5. The largest absolute Gasteiger partial charge is 0.333 e. The van der Waals surface area contributed by atoms with Crippen molar-refractivity contribution in [3.05, 3.63) is 68.4 Å². The molecule has 2 amide bonds. The molecule has 0 radical (unpaired) electrons. The third-order valence-corrected chi connectivity index (χ3v) is 5.97. The maximum Gasteiger partial charge on any atom is 0.258 e. The molecule has 3 aromatic rings. The van der Waals surface area contributed by atoms with Crippen molar-refractivity contribution in [1.29, 1.82) is 0 Å². The molecular formula is C19H17N3O2S2. The van der Waals surface area contributed by atoms with Crippen LogP contribution in [-0.2, 0) is 13.0 Å². The van der Waals surface area contributed by atoms with Crippen LogP contribution < -0.4 is 5.32 Å². The van der Waals surface area contributed by atoms with Gasteiger partial charge in [-0.3, -0.25) is 14.9 Å². The highest BCUT2D eigenvalue weighted by atomic mass is 32.1. The second-order valence-electron chi connectivity index (χ2n) is 6.20. The maximum atomic E-state index is 12.7.